The third kappa shape index (κ3) is 2.87. The van der Waals surface area contributed by atoms with Crippen molar-refractivity contribution in [1.29, 1.82) is 0 Å². The van der Waals surface area contributed by atoms with E-state index in [1.165, 1.54) is 0 Å². The summed E-state index contributed by atoms with van der Waals surface area (Å²) in [6.45, 7) is 8.32. The molecule has 0 amide bonds. The van der Waals surface area contributed by atoms with E-state index in [-0.39, 0.29) is 6.42 Å². The molecule has 1 aromatic heterocycles. The van der Waals surface area contributed by atoms with E-state index >= 15 is 0 Å². The summed E-state index contributed by atoms with van der Waals surface area (Å²) < 4.78 is 2.01. The van der Waals surface area contributed by atoms with Crippen molar-refractivity contribution in [3.63, 3.8) is 0 Å². The molecule has 96 valence electrons. The Bertz CT molecular complexity index is 396. The number of carboxylic acid groups (broad SMARTS) is 1. The highest BCUT2D eigenvalue weighted by atomic mass is 16.4. The second kappa shape index (κ2) is 5.84. The molecule has 1 heterocycles. The van der Waals surface area contributed by atoms with Gasteiger partial charge in [-0.05, 0) is 26.2 Å². The lowest BCUT2D eigenvalue weighted by molar-refractivity contribution is -0.136. The number of aryl methyl sites for hydroxylation is 1. The maximum Gasteiger partial charge on any atom is 0.307 e. The van der Waals surface area contributed by atoms with E-state index in [1.54, 1.807) is 0 Å². The lowest BCUT2D eigenvalue weighted by atomic mass is 10.1. The van der Waals surface area contributed by atoms with Gasteiger partial charge in [-0.2, -0.15) is 5.10 Å². The Labute approximate surface area is 103 Å². The SMILES string of the molecule is CCc1nn(C(C)CC)c(CC)c1CC(=O)O. The summed E-state index contributed by atoms with van der Waals surface area (Å²) in [7, 11) is 0. The van der Waals surface area contributed by atoms with Crippen molar-refractivity contribution in [2.45, 2.75) is 59.4 Å². The minimum Gasteiger partial charge on any atom is -0.481 e. The van der Waals surface area contributed by atoms with Gasteiger partial charge in [0.1, 0.15) is 0 Å². The van der Waals surface area contributed by atoms with Crippen molar-refractivity contribution < 1.29 is 9.90 Å². The number of carboxylic acids is 1. The fourth-order valence-electron chi connectivity index (χ4n) is 2.11. The first kappa shape index (κ1) is 13.7. The van der Waals surface area contributed by atoms with E-state index in [0.717, 1.165) is 36.2 Å². The summed E-state index contributed by atoms with van der Waals surface area (Å²) in [4.78, 5) is 10.9. The maximum absolute atomic E-state index is 10.9. The molecule has 0 bridgehead atoms. The highest BCUT2D eigenvalue weighted by Crippen LogP contribution is 2.22. The molecule has 0 saturated carbocycles. The topological polar surface area (TPSA) is 55.1 Å². The third-order valence-electron chi connectivity index (χ3n) is 3.21. The summed E-state index contributed by atoms with van der Waals surface area (Å²) in [6.07, 6.45) is 2.71. The van der Waals surface area contributed by atoms with Crippen LogP contribution in [-0.4, -0.2) is 20.9 Å². The molecule has 0 aromatic carbocycles. The zero-order valence-electron chi connectivity index (χ0n) is 11.2. The lowest BCUT2D eigenvalue weighted by Gasteiger charge is -2.13. The average Bonchev–Trinajstić information content (AvgIpc) is 2.65. The van der Waals surface area contributed by atoms with Crippen LogP contribution in [0.25, 0.3) is 0 Å². The molecule has 1 unspecified atom stereocenters. The van der Waals surface area contributed by atoms with Gasteiger partial charge in [0.25, 0.3) is 0 Å². The molecule has 0 fully saturated rings. The van der Waals surface area contributed by atoms with Gasteiger partial charge in [-0.25, -0.2) is 0 Å². The van der Waals surface area contributed by atoms with Crippen LogP contribution in [0.4, 0.5) is 0 Å². The van der Waals surface area contributed by atoms with Gasteiger partial charge in [-0.3, -0.25) is 9.48 Å². The molecule has 0 spiro atoms. The second-order valence-electron chi connectivity index (χ2n) is 4.35. The van der Waals surface area contributed by atoms with Crippen molar-refractivity contribution in [3.05, 3.63) is 17.0 Å². The molecule has 1 N–H and O–H groups in total. The van der Waals surface area contributed by atoms with E-state index in [1.807, 2.05) is 11.6 Å². The van der Waals surface area contributed by atoms with Crippen LogP contribution < -0.4 is 0 Å². The Balaban J connectivity index is 3.24. The molecule has 0 aliphatic carbocycles. The molecule has 0 radical (unpaired) electrons. The van der Waals surface area contributed by atoms with Gasteiger partial charge in [0.05, 0.1) is 12.1 Å². The van der Waals surface area contributed by atoms with Crippen LogP contribution in [0.5, 0.6) is 0 Å². The van der Waals surface area contributed by atoms with E-state index < -0.39 is 5.97 Å². The molecule has 4 nitrogen and oxygen atoms in total. The molecule has 0 aliphatic heterocycles. The van der Waals surface area contributed by atoms with E-state index in [2.05, 4.69) is 25.9 Å². The fraction of sp³-hybridized carbons (Fsp3) is 0.692. The van der Waals surface area contributed by atoms with Crippen LogP contribution in [0.3, 0.4) is 0 Å². The molecular formula is C13H22N2O2. The number of aromatic nitrogens is 2. The number of rotatable bonds is 6. The monoisotopic (exact) mass is 238 g/mol. The van der Waals surface area contributed by atoms with Crippen LogP contribution in [0, 0.1) is 0 Å². The van der Waals surface area contributed by atoms with E-state index in [4.69, 9.17) is 5.11 Å². The predicted molar refractivity (Wildman–Crippen MR) is 67.3 cm³/mol. The first-order valence-electron chi connectivity index (χ1n) is 6.35. The maximum atomic E-state index is 10.9. The Morgan fingerprint density at radius 2 is 2.00 bits per heavy atom. The summed E-state index contributed by atoms with van der Waals surface area (Å²) >= 11 is 0. The highest BCUT2D eigenvalue weighted by Gasteiger charge is 2.19. The van der Waals surface area contributed by atoms with Gasteiger partial charge in [-0.15, -0.1) is 0 Å². The first-order valence-corrected chi connectivity index (χ1v) is 6.35. The largest absolute Gasteiger partial charge is 0.481 e. The number of hydrogen-bond donors (Lipinski definition) is 1. The van der Waals surface area contributed by atoms with Crippen LogP contribution in [0.15, 0.2) is 0 Å². The van der Waals surface area contributed by atoms with Crippen LogP contribution in [0.1, 0.15) is 57.1 Å². The smallest absolute Gasteiger partial charge is 0.307 e. The molecule has 0 saturated heterocycles. The number of nitrogens with zero attached hydrogens (tertiary/aromatic N) is 2. The van der Waals surface area contributed by atoms with Crippen molar-refractivity contribution in [2.24, 2.45) is 0 Å². The zero-order chi connectivity index (χ0) is 13.0. The van der Waals surface area contributed by atoms with Crippen LogP contribution in [-0.2, 0) is 24.1 Å². The van der Waals surface area contributed by atoms with Gasteiger partial charge in [0, 0.05) is 17.3 Å². The lowest BCUT2D eigenvalue weighted by Crippen LogP contribution is -2.11. The Kier molecular flexibility index (Phi) is 4.73. The minimum absolute atomic E-state index is 0.0861. The van der Waals surface area contributed by atoms with E-state index in [0.29, 0.717) is 6.04 Å². The molecule has 0 aliphatic rings. The van der Waals surface area contributed by atoms with Crippen molar-refractivity contribution >= 4 is 5.97 Å². The fourth-order valence-corrected chi connectivity index (χ4v) is 2.11. The third-order valence-corrected chi connectivity index (χ3v) is 3.21. The summed E-state index contributed by atoms with van der Waals surface area (Å²) in [5.41, 5.74) is 2.94. The summed E-state index contributed by atoms with van der Waals surface area (Å²) in [5.74, 6) is -0.780. The number of carbonyl (C=O) groups is 1. The highest BCUT2D eigenvalue weighted by molar-refractivity contribution is 5.71. The molecule has 1 rings (SSSR count). The number of hydrogen-bond acceptors (Lipinski definition) is 2. The predicted octanol–water partition coefficient (Wildman–Crippen LogP) is 2.61. The Morgan fingerprint density at radius 3 is 2.41 bits per heavy atom. The van der Waals surface area contributed by atoms with E-state index in [9.17, 15) is 4.79 Å². The van der Waals surface area contributed by atoms with Gasteiger partial charge in [-0.1, -0.05) is 20.8 Å². The molecule has 1 aromatic rings. The standard InChI is InChI=1S/C13H22N2O2/c1-5-9(4)15-12(7-3)10(8-13(16)17)11(6-2)14-15/h9H,5-8H2,1-4H3,(H,16,17). The molecule has 4 heteroatoms. The first-order chi connectivity index (χ1) is 8.04. The van der Waals surface area contributed by atoms with Crippen LogP contribution >= 0.6 is 0 Å². The van der Waals surface area contributed by atoms with Gasteiger partial charge < -0.3 is 5.11 Å². The molecule has 1 atom stereocenters. The quantitative estimate of drug-likeness (QED) is 0.828. The van der Waals surface area contributed by atoms with Crippen LogP contribution in [0.2, 0.25) is 0 Å². The zero-order valence-corrected chi connectivity index (χ0v) is 11.2. The second-order valence-corrected chi connectivity index (χ2v) is 4.35. The van der Waals surface area contributed by atoms with Gasteiger partial charge >= 0.3 is 5.97 Å². The molecular weight excluding hydrogens is 216 g/mol. The minimum atomic E-state index is -0.780. The van der Waals surface area contributed by atoms with Gasteiger partial charge in [0.2, 0.25) is 0 Å². The van der Waals surface area contributed by atoms with Gasteiger partial charge in [0.15, 0.2) is 0 Å². The van der Waals surface area contributed by atoms with Crippen molar-refractivity contribution in [1.82, 2.24) is 9.78 Å². The normalized spacial score (nSPS) is 12.7. The summed E-state index contributed by atoms with van der Waals surface area (Å²) in [5, 5.41) is 13.6. The van der Waals surface area contributed by atoms with Crippen molar-refractivity contribution in [2.75, 3.05) is 0 Å². The Hall–Kier alpha value is -1.32. The number of aliphatic carboxylic acids is 1. The molecule has 17 heavy (non-hydrogen) atoms. The Morgan fingerprint density at radius 1 is 1.35 bits per heavy atom. The average molecular weight is 238 g/mol. The summed E-state index contributed by atoms with van der Waals surface area (Å²) in [6, 6.07) is 0.331. The van der Waals surface area contributed by atoms with Crippen molar-refractivity contribution in [3.8, 4) is 0 Å².